The molecule has 3 aliphatic rings. The largest absolute Gasteiger partial charge is 0.393 e. The summed E-state index contributed by atoms with van der Waals surface area (Å²) < 4.78 is 3.50. The summed E-state index contributed by atoms with van der Waals surface area (Å²) in [6.45, 7) is 11.1. The molecule has 6 heteroatoms. The lowest BCUT2D eigenvalue weighted by Crippen LogP contribution is -2.51. The number of aliphatic hydroxyl groups is 1. The van der Waals surface area contributed by atoms with Crippen LogP contribution in [0.1, 0.15) is 72.3 Å². The minimum Gasteiger partial charge on any atom is -0.393 e. The number of hydrogen-bond acceptors (Lipinski definition) is 6. The van der Waals surface area contributed by atoms with Gasteiger partial charge in [0.05, 0.1) is 11.6 Å². The molecule has 28 heavy (non-hydrogen) atoms. The molecule has 1 aromatic carbocycles. The molecule has 4 rings (SSSR count). The number of nitrogens with zero attached hydrogens (tertiary/aromatic N) is 2. The number of rotatable bonds is 3. The predicted molar refractivity (Wildman–Crippen MR) is 117 cm³/mol. The van der Waals surface area contributed by atoms with Crippen molar-refractivity contribution in [1.82, 2.24) is 9.73 Å². The highest BCUT2D eigenvalue weighted by atomic mass is 32.2. The predicted octanol–water partition coefficient (Wildman–Crippen LogP) is 4.68. The van der Waals surface area contributed by atoms with E-state index in [1.165, 1.54) is 16.2 Å². The molecule has 0 radical (unpaired) electrons. The maximum absolute atomic E-state index is 9.93. The number of hydrogen-bond donors (Lipinski definition) is 3. The molecule has 0 saturated heterocycles. The molecule has 0 bridgehead atoms. The van der Waals surface area contributed by atoms with Crippen LogP contribution in [0.5, 0.6) is 0 Å². The van der Waals surface area contributed by atoms with Crippen molar-refractivity contribution in [2.24, 2.45) is 11.0 Å². The summed E-state index contributed by atoms with van der Waals surface area (Å²) in [6, 6.07) is 6.68. The fourth-order valence-corrected chi connectivity index (χ4v) is 5.62. The molecule has 2 heterocycles. The molecule has 5 nitrogen and oxygen atoms in total. The lowest BCUT2D eigenvalue weighted by molar-refractivity contribution is 0.0859. The molecule has 3 atom stereocenters. The van der Waals surface area contributed by atoms with Gasteiger partial charge in [-0.3, -0.25) is 5.01 Å². The van der Waals surface area contributed by atoms with Crippen LogP contribution in [0.25, 0.3) is 0 Å². The van der Waals surface area contributed by atoms with Gasteiger partial charge in [0, 0.05) is 27.8 Å². The first-order valence-corrected chi connectivity index (χ1v) is 11.3. The Labute approximate surface area is 173 Å². The van der Waals surface area contributed by atoms with Crippen LogP contribution in [-0.2, 0) is 5.54 Å². The third-order valence-corrected chi connectivity index (χ3v) is 7.36. The number of benzene rings is 1. The van der Waals surface area contributed by atoms with Gasteiger partial charge in [-0.1, -0.05) is 0 Å². The first-order valence-electron chi connectivity index (χ1n) is 10.5. The second-order valence-electron chi connectivity index (χ2n) is 10.0. The Hall–Kier alpha value is -1.24. The maximum atomic E-state index is 9.93. The summed E-state index contributed by atoms with van der Waals surface area (Å²) in [6.07, 6.45) is 4.94. The molecule has 154 valence electrons. The van der Waals surface area contributed by atoms with Crippen LogP contribution >= 0.6 is 11.9 Å². The van der Waals surface area contributed by atoms with Crippen molar-refractivity contribution in [2.45, 2.75) is 95.0 Å². The van der Waals surface area contributed by atoms with Gasteiger partial charge in [-0.25, -0.2) is 4.72 Å². The van der Waals surface area contributed by atoms with Crippen molar-refractivity contribution in [1.29, 1.82) is 0 Å². The van der Waals surface area contributed by atoms with E-state index < -0.39 is 0 Å². The monoisotopic (exact) mass is 402 g/mol. The van der Waals surface area contributed by atoms with E-state index in [2.05, 4.69) is 67.9 Å². The molecule has 2 aliphatic heterocycles. The van der Waals surface area contributed by atoms with Gasteiger partial charge in [0.1, 0.15) is 6.17 Å². The summed E-state index contributed by atoms with van der Waals surface area (Å²) in [7, 11) is 0. The van der Waals surface area contributed by atoms with Crippen molar-refractivity contribution in [2.75, 3.05) is 5.32 Å². The smallest absolute Gasteiger partial charge is 0.116 e. The fourth-order valence-electron chi connectivity index (χ4n) is 4.59. The van der Waals surface area contributed by atoms with E-state index in [0.717, 1.165) is 37.8 Å². The first kappa shape index (κ1) is 20.0. The van der Waals surface area contributed by atoms with E-state index >= 15 is 0 Å². The highest BCUT2D eigenvalue weighted by Crippen LogP contribution is 2.41. The highest BCUT2D eigenvalue weighted by Gasteiger charge is 2.36. The van der Waals surface area contributed by atoms with Crippen molar-refractivity contribution in [3.8, 4) is 0 Å². The van der Waals surface area contributed by atoms with Crippen LogP contribution in [0.15, 0.2) is 28.2 Å². The second kappa shape index (κ2) is 7.22. The molecule has 0 amide bonds. The summed E-state index contributed by atoms with van der Waals surface area (Å²) >= 11 is 1.72. The Bertz CT molecular complexity index is 770. The number of hydrazone groups is 1. The van der Waals surface area contributed by atoms with Gasteiger partial charge in [-0.2, -0.15) is 5.10 Å². The second-order valence-corrected chi connectivity index (χ2v) is 10.9. The molecule has 0 aromatic heterocycles. The van der Waals surface area contributed by atoms with Crippen molar-refractivity contribution in [3.05, 3.63) is 23.8 Å². The van der Waals surface area contributed by atoms with Gasteiger partial charge >= 0.3 is 0 Å². The quantitative estimate of drug-likeness (QED) is 0.641. The molecule has 0 spiro atoms. The Balaban J connectivity index is 1.55. The summed E-state index contributed by atoms with van der Waals surface area (Å²) in [5.41, 5.74) is 3.71. The number of fused-ring (bicyclic) bond motifs is 1. The van der Waals surface area contributed by atoms with Crippen LogP contribution < -0.4 is 10.0 Å². The van der Waals surface area contributed by atoms with Crippen LogP contribution in [0.3, 0.4) is 0 Å². The van der Waals surface area contributed by atoms with Gasteiger partial charge < -0.3 is 10.4 Å². The third kappa shape index (κ3) is 3.91. The zero-order chi connectivity index (χ0) is 20.1. The molecule has 1 saturated carbocycles. The molecule has 3 unspecified atom stereocenters. The van der Waals surface area contributed by atoms with Gasteiger partial charge in [-0.05, 0) is 102 Å². The SMILES string of the molecule is CC1(C)NSc2ccc(NC3CCC(C4CCC(O)C4)=NN3C(C)(C)C)cc21. The fraction of sp³-hybridized carbons (Fsp3) is 0.682. The van der Waals surface area contributed by atoms with E-state index in [4.69, 9.17) is 5.10 Å². The van der Waals surface area contributed by atoms with E-state index in [0.29, 0.717) is 5.92 Å². The Kier molecular flexibility index (Phi) is 5.17. The minimum absolute atomic E-state index is 0.0113. The zero-order valence-electron chi connectivity index (χ0n) is 17.7. The average molecular weight is 403 g/mol. The Morgan fingerprint density at radius 1 is 1.25 bits per heavy atom. The van der Waals surface area contributed by atoms with E-state index in [1.807, 2.05) is 0 Å². The molecular weight excluding hydrogens is 368 g/mol. The van der Waals surface area contributed by atoms with Crippen LogP contribution in [0.4, 0.5) is 5.69 Å². The number of nitrogens with one attached hydrogen (secondary N) is 2. The zero-order valence-corrected chi connectivity index (χ0v) is 18.6. The highest BCUT2D eigenvalue weighted by molar-refractivity contribution is 7.97. The van der Waals surface area contributed by atoms with Crippen molar-refractivity contribution in [3.63, 3.8) is 0 Å². The topological polar surface area (TPSA) is 59.9 Å². The van der Waals surface area contributed by atoms with Crippen molar-refractivity contribution < 1.29 is 5.11 Å². The molecular formula is C22H34N4OS. The molecule has 1 aliphatic carbocycles. The Morgan fingerprint density at radius 3 is 2.71 bits per heavy atom. The molecule has 3 N–H and O–H groups in total. The van der Waals surface area contributed by atoms with Crippen LogP contribution in [0.2, 0.25) is 0 Å². The van der Waals surface area contributed by atoms with Crippen LogP contribution in [-0.4, -0.2) is 33.6 Å². The molecule has 1 aromatic rings. The van der Waals surface area contributed by atoms with E-state index in [9.17, 15) is 5.11 Å². The normalized spacial score (nSPS) is 29.6. The van der Waals surface area contributed by atoms with Gasteiger partial charge in [0.15, 0.2) is 0 Å². The number of anilines is 1. The summed E-state index contributed by atoms with van der Waals surface area (Å²) in [5.74, 6) is 0.449. The van der Waals surface area contributed by atoms with Gasteiger partial charge in [-0.15, -0.1) is 0 Å². The standard InChI is InChI=1S/C22H34N4OS/c1-21(2,3)26-20(11-9-18(24-26)14-6-8-16(27)12-14)23-15-7-10-19-17(13-15)22(4,5)25-28-19/h7,10,13-14,16,20,23,25,27H,6,8-9,11-12H2,1-5H3. The van der Waals surface area contributed by atoms with Crippen molar-refractivity contribution >= 4 is 23.3 Å². The van der Waals surface area contributed by atoms with E-state index in [-0.39, 0.29) is 23.3 Å². The summed E-state index contributed by atoms with van der Waals surface area (Å²) in [5, 5.41) is 21.1. The van der Waals surface area contributed by atoms with Gasteiger partial charge in [0.2, 0.25) is 0 Å². The third-order valence-electron chi connectivity index (χ3n) is 6.17. The minimum atomic E-state index is -0.145. The lowest BCUT2D eigenvalue weighted by atomic mass is 9.93. The van der Waals surface area contributed by atoms with Gasteiger partial charge in [0.25, 0.3) is 0 Å². The lowest BCUT2D eigenvalue weighted by Gasteiger charge is -2.44. The van der Waals surface area contributed by atoms with E-state index in [1.54, 1.807) is 11.9 Å². The maximum Gasteiger partial charge on any atom is 0.116 e. The first-order chi connectivity index (χ1) is 13.1. The average Bonchev–Trinajstić information content (AvgIpc) is 3.18. The summed E-state index contributed by atoms with van der Waals surface area (Å²) in [4.78, 5) is 1.31. The van der Waals surface area contributed by atoms with Crippen LogP contribution in [0, 0.1) is 5.92 Å². The molecule has 1 fully saturated rings. The Morgan fingerprint density at radius 2 is 2.04 bits per heavy atom. The number of aliphatic hydroxyl groups excluding tert-OH is 1.